The first-order valence-electron chi connectivity index (χ1n) is 11.5. The Labute approximate surface area is 198 Å². The number of ether oxygens (including phenoxy) is 2. The number of nitrogens with one attached hydrogen (secondary N) is 2. The van der Waals surface area contributed by atoms with E-state index in [4.69, 9.17) is 21.1 Å². The van der Waals surface area contributed by atoms with E-state index in [1.807, 2.05) is 19.2 Å². The Bertz CT molecular complexity index is 1260. The third-order valence-corrected chi connectivity index (χ3v) is 6.71. The first-order valence-corrected chi connectivity index (χ1v) is 11.9. The van der Waals surface area contributed by atoms with Crippen molar-refractivity contribution in [3.8, 4) is 22.8 Å². The van der Waals surface area contributed by atoms with Gasteiger partial charge in [-0.2, -0.15) is 0 Å². The molecular weight excluding hydrogens is 438 g/mol. The molecule has 1 aromatic carbocycles. The van der Waals surface area contributed by atoms with E-state index in [0.717, 1.165) is 64.3 Å². The minimum absolute atomic E-state index is 0.589. The van der Waals surface area contributed by atoms with Crippen LogP contribution in [0.3, 0.4) is 0 Å². The first-order chi connectivity index (χ1) is 16.1. The zero-order valence-corrected chi connectivity index (χ0v) is 19.9. The van der Waals surface area contributed by atoms with Crippen molar-refractivity contribution in [1.29, 1.82) is 0 Å². The summed E-state index contributed by atoms with van der Waals surface area (Å²) in [5.74, 6) is 1.47. The lowest BCUT2D eigenvalue weighted by Gasteiger charge is -2.15. The summed E-state index contributed by atoms with van der Waals surface area (Å²) in [6.07, 6.45) is 6.47. The number of hydrogen-bond donors (Lipinski definition) is 2. The van der Waals surface area contributed by atoms with E-state index in [9.17, 15) is 0 Å². The second kappa shape index (κ2) is 9.63. The average molecular weight is 468 g/mol. The van der Waals surface area contributed by atoms with Gasteiger partial charge in [-0.25, -0.2) is 4.98 Å². The van der Waals surface area contributed by atoms with Crippen molar-refractivity contribution in [2.45, 2.75) is 12.8 Å². The van der Waals surface area contributed by atoms with E-state index < -0.39 is 0 Å². The van der Waals surface area contributed by atoms with Crippen LogP contribution >= 0.6 is 11.6 Å². The number of likely N-dealkylation sites (tertiary alicyclic amines) is 1. The molecule has 4 aromatic rings. The molecule has 0 aliphatic carbocycles. The smallest absolute Gasteiger partial charge is 0.163 e. The van der Waals surface area contributed by atoms with Crippen LogP contribution in [0, 0.1) is 0 Å². The predicted molar refractivity (Wildman–Crippen MR) is 134 cm³/mol. The number of H-pyrrole nitrogens is 1. The number of halogens is 1. The van der Waals surface area contributed by atoms with Gasteiger partial charge in [-0.05, 0) is 44.1 Å². The number of fused-ring (bicyclic) bond motifs is 2. The lowest BCUT2D eigenvalue weighted by atomic mass is 10.1. The maximum Gasteiger partial charge on any atom is 0.163 e. The van der Waals surface area contributed by atoms with Crippen molar-refractivity contribution in [2.75, 3.05) is 46.4 Å². The summed E-state index contributed by atoms with van der Waals surface area (Å²) in [4.78, 5) is 10.3. The second-order valence-electron chi connectivity index (χ2n) is 8.56. The third-order valence-electron chi connectivity index (χ3n) is 6.38. The van der Waals surface area contributed by atoms with Gasteiger partial charge in [-0.3, -0.25) is 0 Å². The number of aromatic nitrogens is 3. The van der Waals surface area contributed by atoms with Crippen LogP contribution in [-0.4, -0.2) is 65.9 Å². The minimum atomic E-state index is 0.589. The van der Waals surface area contributed by atoms with Crippen LogP contribution in [0.5, 0.6) is 11.5 Å². The normalized spacial score (nSPS) is 14.5. The topological polar surface area (TPSA) is 67.3 Å². The molecular formula is C25H30ClN5O2. The molecule has 8 heteroatoms. The van der Waals surface area contributed by atoms with E-state index >= 15 is 0 Å². The fourth-order valence-corrected chi connectivity index (χ4v) is 4.82. The summed E-state index contributed by atoms with van der Waals surface area (Å²) in [6.45, 7) is 5.95. The quantitative estimate of drug-likeness (QED) is 0.356. The van der Waals surface area contributed by atoms with Gasteiger partial charge in [0.05, 0.1) is 17.6 Å². The van der Waals surface area contributed by atoms with Gasteiger partial charge in [0.15, 0.2) is 11.5 Å². The van der Waals surface area contributed by atoms with Gasteiger partial charge in [0.25, 0.3) is 0 Å². The van der Waals surface area contributed by atoms with Crippen LogP contribution < -0.4 is 14.8 Å². The summed E-state index contributed by atoms with van der Waals surface area (Å²) >= 11 is 6.35. The molecule has 0 unspecified atom stereocenters. The average Bonchev–Trinajstić information content (AvgIpc) is 3.55. The lowest BCUT2D eigenvalue weighted by molar-refractivity contribution is 0.285. The highest BCUT2D eigenvalue weighted by molar-refractivity contribution is 6.35. The van der Waals surface area contributed by atoms with Crippen molar-refractivity contribution in [3.05, 3.63) is 41.7 Å². The fourth-order valence-electron chi connectivity index (χ4n) is 4.62. The van der Waals surface area contributed by atoms with Crippen molar-refractivity contribution < 1.29 is 9.47 Å². The van der Waals surface area contributed by atoms with E-state index in [0.29, 0.717) is 11.6 Å². The maximum atomic E-state index is 6.35. The fraction of sp³-hybridized carbons (Fsp3) is 0.400. The molecule has 2 N–H and O–H groups in total. The number of nitrogens with zero attached hydrogens (tertiary/aromatic N) is 3. The molecule has 0 atom stereocenters. The Balaban J connectivity index is 1.32. The van der Waals surface area contributed by atoms with Crippen molar-refractivity contribution in [3.63, 3.8) is 0 Å². The Morgan fingerprint density at radius 2 is 1.97 bits per heavy atom. The van der Waals surface area contributed by atoms with Crippen molar-refractivity contribution >= 4 is 33.5 Å². The molecule has 174 valence electrons. The van der Waals surface area contributed by atoms with Crippen LogP contribution in [0.25, 0.3) is 33.2 Å². The number of methoxy groups -OCH3 is 1. The zero-order valence-electron chi connectivity index (χ0n) is 19.2. The highest BCUT2D eigenvalue weighted by atomic mass is 35.5. The monoisotopic (exact) mass is 467 g/mol. The lowest BCUT2D eigenvalue weighted by Crippen LogP contribution is -2.32. The number of hydrogen-bond acceptors (Lipinski definition) is 5. The molecule has 33 heavy (non-hydrogen) atoms. The summed E-state index contributed by atoms with van der Waals surface area (Å²) in [5.41, 5.74) is 3.88. The molecule has 0 amide bonds. The van der Waals surface area contributed by atoms with Gasteiger partial charge < -0.3 is 29.2 Å². The highest BCUT2D eigenvalue weighted by Crippen LogP contribution is 2.39. The predicted octanol–water partition coefficient (Wildman–Crippen LogP) is 4.45. The van der Waals surface area contributed by atoms with Gasteiger partial charge in [-0.15, -0.1) is 0 Å². The standard InChI is InChI=1S/C25H30ClN5O2/c1-30-16-19(21-13-18-20(26)5-6-28-25(18)29-21)17-14-23(32-2)24(15-22(17)30)33-12-8-27-7-11-31-9-3-4-10-31/h5-6,13-16,27H,3-4,7-12H2,1-2H3,(H,28,29). The largest absolute Gasteiger partial charge is 0.493 e. The minimum Gasteiger partial charge on any atom is -0.493 e. The van der Waals surface area contributed by atoms with Crippen molar-refractivity contribution in [1.82, 2.24) is 24.8 Å². The molecule has 3 aromatic heterocycles. The maximum absolute atomic E-state index is 6.35. The van der Waals surface area contributed by atoms with Crippen LogP contribution in [0.1, 0.15) is 12.8 Å². The highest BCUT2D eigenvalue weighted by Gasteiger charge is 2.17. The van der Waals surface area contributed by atoms with E-state index in [-0.39, 0.29) is 0 Å². The number of benzene rings is 1. The number of rotatable bonds is 9. The summed E-state index contributed by atoms with van der Waals surface area (Å²) in [6, 6.07) is 7.94. The molecule has 7 nitrogen and oxygen atoms in total. The van der Waals surface area contributed by atoms with Crippen molar-refractivity contribution in [2.24, 2.45) is 7.05 Å². The van der Waals surface area contributed by atoms with Gasteiger partial charge in [0.2, 0.25) is 0 Å². The van der Waals surface area contributed by atoms with Crippen LogP contribution in [-0.2, 0) is 7.05 Å². The van der Waals surface area contributed by atoms with E-state index in [1.165, 1.54) is 25.9 Å². The van der Waals surface area contributed by atoms with Gasteiger partial charge in [0, 0.05) is 67.2 Å². The molecule has 1 saturated heterocycles. The van der Waals surface area contributed by atoms with Crippen LogP contribution in [0.15, 0.2) is 36.7 Å². The van der Waals surface area contributed by atoms with E-state index in [1.54, 1.807) is 19.4 Å². The Hall–Kier alpha value is -2.74. The molecule has 1 fully saturated rings. The molecule has 0 bridgehead atoms. The van der Waals surface area contributed by atoms with Gasteiger partial charge in [0.1, 0.15) is 12.3 Å². The molecule has 0 spiro atoms. The first kappa shape index (κ1) is 22.1. The molecule has 0 radical (unpaired) electrons. The zero-order chi connectivity index (χ0) is 22.8. The Kier molecular flexibility index (Phi) is 6.44. The molecule has 0 saturated carbocycles. The summed E-state index contributed by atoms with van der Waals surface area (Å²) < 4.78 is 13.9. The molecule has 4 heterocycles. The van der Waals surface area contributed by atoms with Gasteiger partial charge >= 0.3 is 0 Å². The summed E-state index contributed by atoms with van der Waals surface area (Å²) in [5, 5.41) is 6.15. The SMILES string of the molecule is COc1cc2c(-c3cc4c(Cl)ccnc4[nH]3)cn(C)c2cc1OCCNCCN1CCCC1. The van der Waals surface area contributed by atoms with Crippen LogP contribution in [0.4, 0.5) is 0 Å². The summed E-state index contributed by atoms with van der Waals surface area (Å²) in [7, 11) is 3.72. The Morgan fingerprint density at radius 1 is 1.12 bits per heavy atom. The number of pyridine rings is 1. The second-order valence-corrected chi connectivity index (χ2v) is 8.97. The molecule has 1 aliphatic heterocycles. The number of aromatic amines is 1. The molecule has 1 aliphatic rings. The Morgan fingerprint density at radius 3 is 2.76 bits per heavy atom. The number of aryl methyl sites for hydroxylation is 1. The third kappa shape index (κ3) is 4.53. The molecule has 5 rings (SSSR count). The van der Waals surface area contributed by atoms with Crippen LogP contribution in [0.2, 0.25) is 5.02 Å². The van der Waals surface area contributed by atoms with E-state index in [2.05, 4.69) is 37.0 Å². The van der Waals surface area contributed by atoms with Gasteiger partial charge in [-0.1, -0.05) is 11.6 Å².